The van der Waals surface area contributed by atoms with Crippen LogP contribution in [0.15, 0.2) is 0 Å². The van der Waals surface area contributed by atoms with Crippen LogP contribution in [0.4, 0.5) is 0 Å². The van der Waals surface area contributed by atoms with Gasteiger partial charge in [-0.3, -0.25) is 4.79 Å². The summed E-state index contributed by atoms with van der Waals surface area (Å²) in [5, 5.41) is 6.45. The second-order valence-corrected chi connectivity index (χ2v) is 6.35. The van der Waals surface area contributed by atoms with Crippen LogP contribution in [0.25, 0.3) is 0 Å². The molecule has 1 aliphatic rings. The first-order chi connectivity index (χ1) is 8.44. The topological polar surface area (TPSA) is 41.1 Å². The Kier molecular flexibility index (Phi) is 6.13. The SMILES string of the molecule is CCC(C)(C)NC(=O)CNC(C)C1CCCCC1. The number of carbonyl (C=O) groups excluding carboxylic acids is 1. The van der Waals surface area contributed by atoms with E-state index in [0.717, 1.165) is 12.3 Å². The Balaban J connectivity index is 2.24. The van der Waals surface area contributed by atoms with Crippen LogP contribution in [-0.2, 0) is 4.79 Å². The van der Waals surface area contributed by atoms with Gasteiger partial charge in [-0.2, -0.15) is 0 Å². The molecule has 0 bridgehead atoms. The average Bonchev–Trinajstić information content (AvgIpc) is 2.36. The smallest absolute Gasteiger partial charge is 0.234 e. The molecule has 3 heteroatoms. The summed E-state index contributed by atoms with van der Waals surface area (Å²) in [6.07, 6.45) is 7.68. The van der Waals surface area contributed by atoms with Gasteiger partial charge in [0.15, 0.2) is 0 Å². The minimum atomic E-state index is -0.0904. The van der Waals surface area contributed by atoms with Gasteiger partial charge in [0.25, 0.3) is 0 Å². The van der Waals surface area contributed by atoms with Gasteiger partial charge in [0, 0.05) is 11.6 Å². The summed E-state index contributed by atoms with van der Waals surface area (Å²) < 4.78 is 0. The zero-order chi connectivity index (χ0) is 13.6. The zero-order valence-electron chi connectivity index (χ0n) is 12.5. The molecule has 0 spiro atoms. The summed E-state index contributed by atoms with van der Waals surface area (Å²) in [7, 11) is 0. The summed E-state index contributed by atoms with van der Waals surface area (Å²) in [4.78, 5) is 11.8. The standard InChI is InChI=1S/C15H30N2O/c1-5-15(3,4)17-14(18)11-16-12(2)13-9-7-6-8-10-13/h12-13,16H,5-11H2,1-4H3,(H,17,18). The van der Waals surface area contributed by atoms with Crippen LogP contribution in [0.3, 0.4) is 0 Å². The molecule has 1 unspecified atom stereocenters. The number of nitrogens with one attached hydrogen (secondary N) is 2. The molecule has 0 heterocycles. The third kappa shape index (κ3) is 5.38. The van der Waals surface area contributed by atoms with E-state index in [1.165, 1.54) is 32.1 Å². The van der Waals surface area contributed by atoms with Crippen molar-refractivity contribution in [1.82, 2.24) is 10.6 Å². The van der Waals surface area contributed by atoms with E-state index in [-0.39, 0.29) is 11.4 Å². The van der Waals surface area contributed by atoms with E-state index < -0.39 is 0 Å². The first-order valence-electron chi connectivity index (χ1n) is 7.49. The van der Waals surface area contributed by atoms with Crippen LogP contribution in [0.1, 0.15) is 66.2 Å². The van der Waals surface area contributed by atoms with Crippen LogP contribution < -0.4 is 10.6 Å². The Labute approximate surface area is 112 Å². The number of amides is 1. The Morgan fingerprint density at radius 3 is 2.44 bits per heavy atom. The predicted molar refractivity (Wildman–Crippen MR) is 76.6 cm³/mol. The fourth-order valence-electron chi connectivity index (χ4n) is 2.56. The van der Waals surface area contributed by atoms with Crippen molar-refractivity contribution < 1.29 is 4.79 Å². The molecule has 1 amide bonds. The maximum absolute atomic E-state index is 11.8. The van der Waals surface area contributed by atoms with Gasteiger partial charge in [0.05, 0.1) is 6.54 Å². The van der Waals surface area contributed by atoms with Crippen molar-refractivity contribution >= 4 is 5.91 Å². The van der Waals surface area contributed by atoms with Crippen LogP contribution >= 0.6 is 0 Å². The van der Waals surface area contributed by atoms with Gasteiger partial charge in [-0.15, -0.1) is 0 Å². The fraction of sp³-hybridized carbons (Fsp3) is 0.933. The lowest BCUT2D eigenvalue weighted by molar-refractivity contribution is -0.122. The monoisotopic (exact) mass is 254 g/mol. The molecular formula is C15H30N2O. The van der Waals surface area contributed by atoms with E-state index in [4.69, 9.17) is 0 Å². The summed E-state index contributed by atoms with van der Waals surface area (Å²) in [6.45, 7) is 8.89. The lowest BCUT2D eigenvalue weighted by Crippen LogP contribution is -2.48. The molecule has 1 atom stereocenters. The maximum Gasteiger partial charge on any atom is 0.234 e. The molecule has 18 heavy (non-hydrogen) atoms. The molecule has 0 saturated heterocycles. The van der Waals surface area contributed by atoms with Crippen molar-refractivity contribution in [1.29, 1.82) is 0 Å². The van der Waals surface area contributed by atoms with Crippen molar-refractivity contribution in [2.75, 3.05) is 6.54 Å². The van der Waals surface area contributed by atoms with Gasteiger partial charge >= 0.3 is 0 Å². The summed E-state index contributed by atoms with van der Waals surface area (Å²) in [6, 6.07) is 0.459. The van der Waals surface area contributed by atoms with Crippen molar-refractivity contribution in [3.05, 3.63) is 0 Å². The Bertz CT molecular complexity index is 257. The number of carbonyl (C=O) groups is 1. The van der Waals surface area contributed by atoms with Crippen LogP contribution in [0, 0.1) is 5.92 Å². The third-order valence-corrected chi connectivity index (χ3v) is 4.30. The van der Waals surface area contributed by atoms with Crippen molar-refractivity contribution in [3.63, 3.8) is 0 Å². The van der Waals surface area contributed by atoms with Crippen LogP contribution in [-0.4, -0.2) is 24.0 Å². The molecule has 0 aromatic rings. The molecule has 0 aromatic carbocycles. The van der Waals surface area contributed by atoms with E-state index in [2.05, 4.69) is 38.3 Å². The maximum atomic E-state index is 11.8. The molecule has 1 saturated carbocycles. The molecule has 2 N–H and O–H groups in total. The largest absolute Gasteiger partial charge is 0.350 e. The quantitative estimate of drug-likeness (QED) is 0.765. The summed E-state index contributed by atoms with van der Waals surface area (Å²) >= 11 is 0. The van der Waals surface area contributed by atoms with Crippen molar-refractivity contribution in [2.24, 2.45) is 5.92 Å². The van der Waals surface area contributed by atoms with Crippen molar-refractivity contribution in [3.8, 4) is 0 Å². The summed E-state index contributed by atoms with van der Waals surface area (Å²) in [5.41, 5.74) is -0.0904. The highest BCUT2D eigenvalue weighted by molar-refractivity contribution is 5.78. The lowest BCUT2D eigenvalue weighted by atomic mass is 9.84. The van der Waals surface area contributed by atoms with Gasteiger partial charge in [-0.1, -0.05) is 26.2 Å². The van der Waals surface area contributed by atoms with Crippen LogP contribution in [0.2, 0.25) is 0 Å². The number of hydrogen-bond donors (Lipinski definition) is 2. The van der Waals surface area contributed by atoms with E-state index in [0.29, 0.717) is 12.6 Å². The Hall–Kier alpha value is -0.570. The third-order valence-electron chi connectivity index (χ3n) is 4.30. The van der Waals surface area contributed by atoms with Crippen molar-refractivity contribution in [2.45, 2.75) is 77.8 Å². The van der Waals surface area contributed by atoms with E-state index in [1.54, 1.807) is 0 Å². The summed E-state index contributed by atoms with van der Waals surface area (Å²) in [5.74, 6) is 0.871. The minimum absolute atomic E-state index is 0.0904. The average molecular weight is 254 g/mol. The van der Waals surface area contributed by atoms with E-state index >= 15 is 0 Å². The van der Waals surface area contributed by atoms with Gasteiger partial charge < -0.3 is 10.6 Å². The molecule has 0 radical (unpaired) electrons. The van der Waals surface area contributed by atoms with E-state index in [1.807, 2.05) is 0 Å². The highest BCUT2D eigenvalue weighted by atomic mass is 16.2. The molecule has 1 rings (SSSR count). The molecule has 0 aliphatic heterocycles. The molecule has 3 nitrogen and oxygen atoms in total. The van der Waals surface area contributed by atoms with Crippen LogP contribution in [0.5, 0.6) is 0 Å². The van der Waals surface area contributed by atoms with Gasteiger partial charge in [0.1, 0.15) is 0 Å². The molecule has 1 fully saturated rings. The molecule has 106 valence electrons. The van der Waals surface area contributed by atoms with Gasteiger partial charge in [0.2, 0.25) is 5.91 Å². The van der Waals surface area contributed by atoms with E-state index in [9.17, 15) is 4.79 Å². The molecule has 0 aromatic heterocycles. The highest BCUT2D eigenvalue weighted by Crippen LogP contribution is 2.26. The lowest BCUT2D eigenvalue weighted by Gasteiger charge is -2.29. The predicted octanol–water partition coefficient (Wildman–Crippen LogP) is 2.85. The zero-order valence-corrected chi connectivity index (χ0v) is 12.5. The Morgan fingerprint density at radius 1 is 1.28 bits per heavy atom. The highest BCUT2D eigenvalue weighted by Gasteiger charge is 2.21. The first kappa shape index (κ1) is 15.5. The fourth-order valence-corrected chi connectivity index (χ4v) is 2.56. The first-order valence-corrected chi connectivity index (χ1v) is 7.49. The number of rotatable bonds is 6. The second-order valence-electron chi connectivity index (χ2n) is 6.35. The molecular weight excluding hydrogens is 224 g/mol. The van der Waals surface area contributed by atoms with Gasteiger partial charge in [-0.05, 0) is 46.0 Å². The Morgan fingerprint density at radius 2 is 1.89 bits per heavy atom. The van der Waals surface area contributed by atoms with Gasteiger partial charge in [-0.25, -0.2) is 0 Å². The molecule has 1 aliphatic carbocycles. The minimum Gasteiger partial charge on any atom is -0.350 e. The second kappa shape index (κ2) is 7.13. The number of hydrogen-bond acceptors (Lipinski definition) is 2. The normalized spacial score (nSPS) is 19.6.